The minimum atomic E-state index is -4.74. The van der Waals surface area contributed by atoms with Crippen molar-refractivity contribution in [1.82, 2.24) is 4.90 Å². The molecule has 1 aliphatic heterocycles. The first kappa shape index (κ1) is 15.8. The average Bonchev–Trinajstić information content (AvgIpc) is 2.82. The van der Waals surface area contributed by atoms with Gasteiger partial charge in [-0.1, -0.05) is 12.1 Å². The molecule has 7 heteroatoms. The minimum Gasteiger partial charge on any atom is -0.380 e. The molecule has 0 radical (unpaired) electrons. The number of halogens is 3. The molecule has 1 amide bonds. The van der Waals surface area contributed by atoms with Crippen LogP contribution in [0, 0.1) is 0 Å². The number of methoxy groups -OCH3 is 1. The van der Waals surface area contributed by atoms with Crippen LogP contribution in [0.15, 0.2) is 24.3 Å². The van der Waals surface area contributed by atoms with Gasteiger partial charge in [-0.3, -0.25) is 4.79 Å². The van der Waals surface area contributed by atoms with Crippen LogP contribution in [-0.4, -0.2) is 47.9 Å². The molecular weight excluding hydrogens is 287 g/mol. The van der Waals surface area contributed by atoms with E-state index in [-0.39, 0.29) is 12.1 Å². The van der Waals surface area contributed by atoms with Gasteiger partial charge in [0.15, 0.2) is 5.60 Å². The molecule has 1 aromatic carbocycles. The summed E-state index contributed by atoms with van der Waals surface area (Å²) in [5.41, 5.74) is -1.77. The Morgan fingerprint density at radius 3 is 2.76 bits per heavy atom. The van der Waals surface area contributed by atoms with Crippen molar-refractivity contribution < 1.29 is 27.8 Å². The Labute approximate surface area is 120 Å². The largest absolute Gasteiger partial charge is 0.419 e. The van der Waals surface area contributed by atoms with Crippen LogP contribution in [0.4, 0.5) is 13.2 Å². The first-order chi connectivity index (χ1) is 9.77. The molecule has 0 bridgehead atoms. The van der Waals surface area contributed by atoms with Gasteiger partial charge in [0.25, 0.3) is 5.91 Å². The summed E-state index contributed by atoms with van der Waals surface area (Å²) in [4.78, 5) is 13.3. The molecule has 0 spiro atoms. The highest BCUT2D eigenvalue weighted by molar-refractivity contribution is 5.94. The van der Waals surface area contributed by atoms with Gasteiger partial charge < -0.3 is 14.7 Å². The van der Waals surface area contributed by atoms with E-state index in [4.69, 9.17) is 4.74 Å². The van der Waals surface area contributed by atoms with Gasteiger partial charge in [-0.2, -0.15) is 13.2 Å². The van der Waals surface area contributed by atoms with Crippen LogP contribution in [0.25, 0.3) is 0 Å². The number of carbonyl (C=O) groups excluding carboxylic acids is 1. The Kier molecular flexibility index (Phi) is 4.25. The van der Waals surface area contributed by atoms with Crippen LogP contribution in [0.2, 0.25) is 0 Å². The fourth-order valence-corrected chi connectivity index (χ4v) is 2.34. The molecule has 1 fully saturated rings. The predicted octanol–water partition coefficient (Wildman–Crippen LogP) is 1.97. The molecule has 4 nitrogen and oxygen atoms in total. The molecule has 1 heterocycles. The minimum absolute atomic E-state index is 0.122. The SMILES string of the molecule is COCc1cccc(C(=O)N2CC[C@](O)(C(F)(F)F)C2)c1. The maximum atomic E-state index is 12.7. The van der Waals surface area contributed by atoms with E-state index in [9.17, 15) is 23.1 Å². The molecule has 0 aliphatic carbocycles. The van der Waals surface area contributed by atoms with Gasteiger partial charge in [0.1, 0.15) is 0 Å². The number of hydrogen-bond donors (Lipinski definition) is 1. The maximum Gasteiger partial charge on any atom is 0.419 e. The van der Waals surface area contributed by atoms with E-state index in [1.54, 1.807) is 18.2 Å². The van der Waals surface area contributed by atoms with Crippen molar-refractivity contribution in [1.29, 1.82) is 0 Å². The van der Waals surface area contributed by atoms with Crippen molar-refractivity contribution in [2.45, 2.75) is 24.8 Å². The highest BCUT2D eigenvalue weighted by Crippen LogP contribution is 2.37. The number of β-amino-alcohol motifs (C(OH)–C–C–N with tert-alkyl or cyclic N) is 1. The monoisotopic (exact) mass is 303 g/mol. The van der Waals surface area contributed by atoms with Gasteiger partial charge in [0, 0.05) is 25.6 Å². The molecule has 2 rings (SSSR count). The van der Waals surface area contributed by atoms with Crippen molar-refractivity contribution >= 4 is 5.91 Å². The summed E-state index contributed by atoms with van der Waals surface area (Å²) in [5, 5.41) is 9.59. The predicted molar refractivity (Wildman–Crippen MR) is 68.7 cm³/mol. The second-order valence-corrected chi connectivity index (χ2v) is 5.14. The fourth-order valence-electron chi connectivity index (χ4n) is 2.34. The summed E-state index contributed by atoms with van der Waals surface area (Å²) in [6, 6.07) is 6.52. The zero-order chi connectivity index (χ0) is 15.7. The Bertz CT molecular complexity index is 532. The topological polar surface area (TPSA) is 49.8 Å². The van der Waals surface area contributed by atoms with Crippen LogP contribution in [-0.2, 0) is 11.3 Å². The van der Waals surface area contributed by atoms with Crippen LogP contribution in [0.5, 0.6) is 0 Å². The van der Waals surface area contributed by atoms with Crippen LogP contribution in [0.1, 0.15) is 22.3 Å². The summed E-state index contributed by atoms with van der Waals surface area (Å²) in [5.74, 6) is -0.520. The van der Waals surface area contributed by atoms with E-state index in [2.05, 4.69) is 0 Å². The molecule has 1 aliphatic rings. The molecule has 21 heavy (non-hydrogen) atoms. The van der Waals surface area contributed by atoms with E-state index >= 15 is 0 Å². The maximum absolute atomic E-state index is 12.7. The van der Waals surface area contributed by atoms with Gasteiger partial charge in [0.05, 0.1) is 13.2 Å². The molecule has 1 N–H and O–H groups in total. The number of aliphatic hydroxyl groups is 1. The molecular formula is C14H16F3NO3. The van der Waals surface area contributed by atoms with Crippen molar-refractivity contribution in [3.63, 3.8) is 0 Å². The number of amides is 1. The summed E-state index contributed by atoms with van der Waals surface area (Å²) in [6.07, 6.45) is -5.24. The van der Waals surface area contributed by atoms with Gasteiger partial charge in [-0.15, -0.1) is 0 Å². The number of ether oxygens (including phenoxy) is 1. The molecule has 1 atom stereocenters. The molecule has 0 unspecified atom stereocenters. The van der Waals surface area contributed by atoms with Crippen molar-refractivity contribution in [3.05, 3.63) is 35.4 Å². The number of likely N-dealkylation sites (tertiary alicyclic amines) is 1. The first-order valence-electron chi connectivity index (χ1n) is 6.43. The normalized spacial score (nSPS) is 22.6. The number of alkyl halides is 3. The highest BCUT2D eigenvalue weighted by atomic mass is 19.4. The third kappa shape index (κ3) is 3.19. The van der Waals surface area contributed by atoms with Crippen molar-refractivity contribution in [2.75, 3.05) is 20.2 Å². The van der Waals surface area contributed by atoms with Crippen LogP contribution in [0.3, 0.4) is 0 Å². The lowest BCUT2D eigenvalue weighted by Gasteiger charge is -2.26. The summed E-state index contributed by atoms with van der Waals surface area (Å²) in [7, 11) is 1.51. The Hall–Kier alpha value is -1.60. The molecule has 116 valence electrons. The highest BCUT2D eigenvalue weighted by Gasteiger charge is 2.57. The average molecular weight is 303 g/mol. The second kappa shape index (κ2) is 5.65. The quantitative estimate of drug-likeness (QED) is 0.929. The molecule has 0 aromatic heterocycles. The number of nitrogens with zero attached hydrogens (tertiary/aromatic N) is 1. The number of carbonyl (C=O) groups is 1. The third-order valence-electron chi connectivity index (χ3n) is 3.55. The van der Waals surface area contributed by atoms with E-state index < -0.39 is 30.7 Å². The van der Waals surface area contributed by atoms with E-state index in [1.807, 2.05) is 0 Å². The molecule has 1 saturated heterocycles. The van der Waals surface area contributed by atoms with Gasteiger partial charge in [-0.05, 0) is 17.7 Å². The van der Waals surface area contributed by atoms with Gasteiger partial charge in [0.2, 0.25) is 0 Å². The van der Waals surface area contributed by atoms with E-state index in [0.29, 0.717) is 6.61 Å². The fraction of sp³-hybridized carbons (Fsp3) is 0.500. The van der Waals surface area contributed by atoms with Gasteiger partial charge in [-0.25, -0.2) is 0 Å². The zero-order valence-electron chi connectivity index (χ0n) is 11.5. The Morgan fingerprint density at radius 2 is 2.19 bits per heavy atom. The standard InChI is InChI=1S/C14H16F3NO3/c1-21-8-10-3-2-4-11(7-10)12(19)18-6-5-13(20,9-18)14(15,16)17/h2-4,7,20H,5-6,8-9H2,1H3/t13-/m1/s1. The van der Waals surface area contributed by atoms with E-state index in [0.717, 1.165) is 10.5 Å². The zero-order valence-corrected chi connectivity index (χ0v) is 11.5. The van der Waals surface area contributed by atoms with Crippen molar-refractivity contribution in [2.24, 2.45) is 0 Å². The Morgan fingerprint density at radius 1 is 1.48 bits per heavy atom. The van der Waals surface area contributed by atoms with Crippen LogP contribution < -0.4 is 0 Å². The van der Waals surface area contributed by atoms with E-state index in [1.165, 1.54) is 13.2 Å². The Balaban J connectivity index is 2.13. The number of hydrogen-bond acceptors (Lipinski definition) is 3. The summed E-state index contributed by atoms with van der Waals surface area (Å²) >= 11 is 0. The lowest BCUT2D eigenvalue weighted by atomic mass is 10.0. The summed E-state index contributed by atoms with van der Waals surface area (Å²) in [6.45, 7) is -0.541. The van der Waals surface area contributed by atoms with Gasteiger partial charge >= 0.3 is 6.18 Å². The smallest absolute Gasteiger partial charge is 0.380 e. The first-order valence-corrected chi connectivity index (χ1v) is 6.43. The van der Waals surface area contributed by atoms with Crippen LogP contribution >= 0.6 is 0 Å². The van der Waals surface area contributed by atoms with Crippen molar-refractivity contribution in [3.8, 4) is 0 Å². The third-order valence-corrected chi connectivity index (χ3v) is 3.55. The summed E-state index contributed by atoms with van der Waals surface area (Å²) < 4.78 is 43.2. The molecule has 1 aromatic rings. The lowest BCUT2D eigenvalue weighted by molar-refractivity contribution is -0.253. The second-order valence-electron chi connectivity index (χ2n) is 5.14. The number of rotatable bonds is 3. The molecule has 0 saturated carbocycles. The lowest BCUT2D eigenvalue weighted by Crippen LogP contribution is -2.48. The number of benzene rings is 1.